The van der Waals surface area contributed by atoms with E-state index in [9.17, 15) is 4.79 Å². The molecule has 1 heterocycles. The van der Waals surface area contributed by atoms with E-state index in [0.717, 1.165) is 5.57 Å². The molecular weight excluding hydrogens is 228 g/mol. The highest BCUT2D eigenvalue weighted by Crippen LogP contribution is 2.20. The van der Waals surface area contributed by atoms with Crippen LogP contribution in [0.25, 0.3) is 0 Å². The van der Waals surface area contributed by atoms with Crippen molar-refractivity contribution < 1.29 is 9.90 Å². The monoisotopic (exact) mass is 240 g/mol. The molecule has 1 aromatic heterocycles. The molecule has 86 valence electrons. The van der Waals surface area contributed by atoms with E-state index < -0.39 is 5.97 Å². The van der Waals surface area contributed by atoms with Crippen LogP contribution in [0.3, 0.4) is 0 Å². The highest BCUT2D eigenvalue weighted by atomic mass is 35.5. The number of hydrogen-bond acceptors (Lipinski definition) is 3. The summed E-state index contributed by atoms with van der Waals surface area (Å²) in [5.74, 6) is -0.671. The Morgan fingerprint density at radius 2 is 2.25 bits per heavy atom. The van der Waals surface area contributed by atoms with Crippen LogP contribution in [0, 0.1) is 0 Å². The number of halogens is 1. The molecule has 1 rings (SSSR count). The number of rotatable bonds is 4. The number of pyridine rings is 1. The van der Waals surface area contributed by atoms with Crippen LogP contribution < -0.4 is 4.90 Å². The molecule has 0 aromatic carbocycles. The lowest BCUT2D eigenvalue weighted by Gasteiger charge is -2.19. The van der Waals surface area contributed by atoms with Gasteiger partial charge in [-0.3, -0.25) is 0 Å². The number of aromatic carboxylic acids is 1. The average molecular weight is 241 g/mol. The molecule has 0 aliphatic heterocycles. The fraction of sp³-hybridized carbons (Fsp3) is 0.273. The molecular formula is C11H13ClN2O2. The Balaban J connectivity index is 3.13. The molecule has 0 aliphatic carbocycles. The van der Waals surface area contributed by atoms with Gasteiger partial charge >= 0.3 is 5.97 Å². The normalized spacial score (nSPS) is 9.94. The molecule has 5 heteroatoms. The molecule has 0 radical (unpaired) electrons. The lowest BCUT2D eigenvalue weighted by atomic mass is 10.2. The standard InChI is InChI=1S/C11H13ClN2O2/c1-7(2)6-14(3)10-8(11(15)16)4-5-9(12)13-10/h4-5H,1,6H2,2-3H3,(H,15,16). The van der Waals surface area contributed by atoms with E-state index >= 15 is 0 Å². The Hall–Kier alpha value is -1.55. The van der Waals surface area contributed by atoms with Gasteiger partial charge in [0.2, 0.25) is 0 Å². The first kappa shape index (κ1) is 12.5. The number of nitrogens with zero attached hydrogens (tertiary/aromatic N) is 2. The van der Waals surface area contributed by atoms with Crippen molar-refractivity contribution in [1.29, 1.82) is 0 Å². The Morgan fingerprint density at radius 3 is 2.75 bits per heavy atom. The maximum atomic E-state index is 11.0. The summed E-state index contributed by atoms with van der Waals surface area (Å²) in [7, 11) is 1.75. The third kappa shape index (κ3) is 2.97. The van der Waals surface area contributed by atoms with E-state index in [-0.39, 0.29) is 10.7 Å². The molecule has 0 atom stereocenters. The van der Waals surface area contributed by atoms with Gasteiger partial charge in [-0.15, -0.1) is 0 Å². The van der Waals surface area contributed by atoms with E-state index in [2.05, 4.69) is 11.6 Å². The molecule has 0 saturated heterocycles. The zero-order valence-electron chi connectivity index (χ0n) is 9.20. The fourth-order valence-corrected chi connectivity index (χ4v) is 1.51. The Labute approximate surface area is 99.2 Å². The minimum atomic E-state index is -1.02. The SMILES string of the molecule is C=C(C)CN(C)c1nc(Cl)ccc1C(=O)O. The zero-order valence-corrected chi connectivity index (χ0v) is 9.95. The van der Waals surface area contributed by atoms with Crippen LogP contribution in [0.2, 0.25) is 5.15 Å². The summed E-state index contributed by atoms with van der Waals surface area (Å²) in [4.78, 5) is 16.7. The van der Waals surface area contributed by atoms with Gasteiger partial charge in [0.05, 0.1) is 0 Å². The summed E-state index contributed by atoms with van der Waals surface area (Å²) in [6.07, 6.45) is 0. The molecule has 0 amide bonds. The quantitative estimate of drug-likeness (QED) is 0.649. The van der Waals surface area contributed by atoms with Crippen LogP contribution in [0.4, 0.5) is 5.82 Å². The summed E-state index contributed by atoms with van der Waals surface area (Å²) >= 11 is 5.75. The van der Waals surface area contributed by atoms with Gasteiger partial charge in [-0.1, -0.05) is 23.8 Å². The van der Waals surface area contributed by atoms with Gasteiger partial charge in [0.25, 0.3) is 0 Å². The van der Waals surface area contributed by atoms with E-state index in [4.69, 9.17) is 16.7 Å². The number of aromatic nitrogens is 1. The fourth-order valence-electron chi connectivity index (χ4n) is 1.36. The first-order valence-corrected chi connectivity index (χ1v) is 5.05. The predicted molar refractivity (Wildman–Crippen MR) is 64.3 cm³/mol. The molecule has 4 nitrogen and oxygen atoms in total. The van der Waals surface area contributed by atoms with Crippen molar-refractivity contribution in [2.24, 2.45) is 0 Å². The van der Waals surface area contributed by atoms with Crippen molar-refractivity contribution >= 4 is 23.4 Å². The van der Waals surface area contributed by atoms with Gasteiger partial charge in [-0.2, -0.15) is 0 Å². The number of carboxylic acids is 1. The number of anilines is 1. The smallest absolute Gasteiger partial charge is 0.339 e. The van der Waals surface area contributed by atoms with Crippen LogP contribution in [-0.4, -0.2) is 29.7 Å². The number of likely N-dealkylation sites (N-methyl/N-ethyl adjacent to an activating group) is 1. The second-order valence-corrected chi connectivity index (χ2v) is 4.01. The Bertz CT molecular complexity index is 432. The Kier molecular flexibility index (Phi) is 3.90. The number of hydrogen-bond donors (Lipinski definition) is 1. The minimum absolute atomic E-state index is 0.133. The van der Waals surface area contributed by atoms with Crippen LogP contribution >= 0.6 is 11.6 Å². The Morgan fingerprint density at radius 1 is 1.62 bits per heavy atom. The topological polar surface area (TPSA) is 53.4 Å². The maximum Gasteiger partial charge on any atom is 0.339 e. The van der Waals surface area contributed by atoms with Crippen molar-refractivity contribution in [2.45, 2.75) is 6.92 Å². The largest absolute Gasteiger partial charge is 0.478 e. The molecule has 0 bridgehead atoms. The zero-order chi connectivity index (χ0) is 12.3. The lowest BCUT2D eigenvalue weighted by Crippen LogP contribution is -2.23. The van der Waals surface area contributed by atoms with Crippen LogP contribution in [0.1, 0.15) is 17.3 Å². The average Bonchev–Trinajstić information content (AvgIpc) is 2.15. The molecule has 1 aromatic rings. The van der Waals surface area contributed by atoms with Crippen molar-refractivity contribution in [2.75, 3.05) is 18.5 Å². The summed E-state index contributed by atoms with van der Waals surface area (Å²) in [6, 6.07) is 2.91. The molecule has 0 fully saturated rings. The highest BCUT2D eigenvalue weighted by Gasteiger charge is 2.15. The highest BCUT2D eigenvalue weighted by molar-refractivity contribution is 6.29. The molecule has 0 spiro atoms. The second kappa shape index (κ2) is 4.99. The van der Waals surface area contributed by atoms with Crippen molar-refractivity contribution in [3.05, 3.63) is 35.0 Å². The van der Waals surface area contributed by atoms with Crippen LogP contribution in [-0.2, 0) is 0 Å². The lowest BCUT2D eigenvalue weighted by molar-refractivity contribution is 0.0697. The summed E-state index contributed by atoms with van der Waals surface area (Å²) in [5, 5.41) is 9.28. The van der Waals surface area contributed by atoms with E-state index in [1.807, 2.05) is 6.92 Å². The first-order valence-electron chi connectivity index (χ1n) is 4.67. The third-order valence-corrected chi connectivity index (χ3v) is 2.15. The maximum absolute atomic E-state index is 11.0. The summed E-state index contributed by atoms with van der Waals surface area (Å²) < 4.78 is 0. The van der Waals surface area contributed by atoms with Gasteiger partial charge < -0.3 is 10.0 Å². The molecule has 0 unspecified atom stereocenters. The van der Waals surface area contributed by atoms with Gasteiger partial charge in [-0.05, 0) is 19.1 Å². The van der Waals surface area contributed by atoms with E-state index in [1.165, 1.54) is 12.1 Å². The summed E-state index contributed by atoms with van der Waals surface area (Å²) in [5.41, 5.74) is 1.05. The van der Waals surface area contributed by atoms with Gasteiger partial charge in [0.1, 0.15) is 16.5 Å². The number of carbonyl (C=O) groups is 1. The minimum Gasteiger partial charge on any atom is -0.478 e. The predicted octanol–water partition coefficient (Wildman–Crippen LogP) is 2.45. The molecule has 0 aliphatic rings. The molecule has 1 N–H and O–H groups in total. The van der Waals surface area contributed by atoms with Crippen molar-refractivity contribution in [3.63, 3.8) is 0 Å². The first-order chi connectivity index (χ1) is 7.41. The molecule has 16 heavy (non-hydrogen) atoms. The second-order valence-electron chi connectivity index (χ2n) is 3.62. The van der Waals surface area contributed by atoms with E-state index in [1.54, 1.807) is 11.9 Å². The number of carboxylic acid groups (broad SMARTS) is 1. The van der Waals surface area contributed by atoms with Gasteiger partial charge in [0, 0.05) is 13.6 Å². The van der Waals surface area contributed by atoms with Crippen LogP contribution in [0.5, 0.6) is 0 Å². The molecule has 0 saturated carbocycles. The van der Waals surface area contributed by atoms with Crippen molar-refractivity contribution in [3.8, 4) is 0 Å². The van der Waals surface area contributed by atoms with Crippen molar-refractivity contribution in [1.82, 2.24) is 4.98 Å². The van der Waals surface area contributed by atoms with Crippen LogP contribution in [0.15, 0.2) is 24.3 Å². The van der Waals surface area contributed by atoms with Gasteiger partial charge in [-0.25, -0.2) is 9.78 Å². The van der Waals surface area contributed by atoms with E-state index in [0.29, 0.717) is 12.4 Å². The third-order valence-electron chi connectivity index (χ3n) is 1.94. The van der Waals surface area contributed by atoms with Gasteiger partial charge in [0.15, 0.2) is 0 Å². The summed E-state index contributed by atoms with van der Waals surface area (Å²) in [6.45, 7) is 6.17.